The van der Waals surface area contributed by atoms with Crippen molar-refractivity contribution in [2.24, 2.45) is 20.5 Å². The Kier molecular flexibility index (Phi) is 17.1. The van der Waals surface area contributed by atoms with E-state index in [1.807, 2.05) is 13.8 Å². The van der Waals surface area contributed by atoms with Crippen molar-refractivity contribution in [2.45, 2.75) is 50.5 Å². The quantitative estimate of drug-likeness (QED) is 0.0430. The molecule has 0 radical (unpaired) electrons. The van der Waals surface area contributed by atoms with Crippen LogP contribution in [0.2, 0.25) is 20.1 Å². The molecule has 0 saturated heterocycles. The molecule has 0 bridgehead atoms. The monoisotopic (exact) mass is 982 g/mol. The van der Waals surface area contributed by atoms with Gasteiger partial charge in [-0.3, -0.25) is 28.8 Å². The van der Waals surface area contributed by atoms with Gasteiger partial charge in [-0.2, -0.15) is 20.5 Å². The second-order valence-corrected chi connectivity index (χ2v) is 16.9. The number of halogens is 6. The number of amides is 4. The van der Waals surface area contributed by atoms with Crippen molar-refractivity contribution < 1.29 is 28.8 Å². The fourth-order valence-electron chi connectivity index (χ4n) is 5.63. The van der Waals surface area contributed by atoms with Crippen LogP contribution in [0.3, 0.4) is 0 Å². The van der Waals surface area contributed by atoms with Gasteiger partial charge in [0.15, 0.2) is 11.6 Å². The van der Waals surface area contributed by atoms with Crippen molar-refractivity contribution in [2.75, 3.05) is 21.3 Å². The third kappa shape index (κ3) is 13.4. The van der Waals surface area contributed by atoms with E-state index in [0.717, 1.165) is 25.0 Å². The first-order valence-corrected chi connectivity index (χ1v) is 21.3. The van der Waals surface area contributed by atoms with Crippen LogP contribution in [0.1, 0.15) is 70.3 Å². The Morgan fingerprint density at radius 2 is 0.828 bits per heavy atom. The summed E-state index contributed by atoms with van der Waals surface area (Å²) in [4.78, 5) is 77.8. The van der Waals surface area contributed by atoms with Crippen LogP contribution in [0.4, 0.5) is 34.1 Å². The summed E-state index contributed by atoms with van der Waals surface area (Å²) < 4.78 is 0. The number of benzene rings is 5. The second kappa shape index (κ2) is 22.2. The molecule has 20 heteroatoms. The number of azo groups is 2. The van der Waals surface area contributed by atoms with Crippen LogP contribution >= 0.6 is 69.6 Å². The first-order chi connectivity index (χ1) is 30.3. The Morgan fingerprint density at radius 1 is 0.484 bits per heavy atom. The van der Waals surface area contributed by atoms with Crippen LogP contribution < -0.4 is 21.3 Å². The molecule has 0 saturated carbocycles. The number of carbonyl (C=O) groups excluding carboxylic acids is 6. The zero-order valence-corrected chi connectivity index (χ0v) is 38.6. The summed E-state index contributed by atoms with van der Waals surface area (Å²) in [5, 5.41) is 25.7. The topological polar surface area (TPSA) is 200 Å². The van der Waals surface area contributed by atoms with Gasteiger partial charge < -0.3 is 21.3 Å². The maximum Gasteiger partial charge on any atom is 0.258 e. The third-order valence-electron chi connectivity index (χ3n) is 8.99. The lowest BCUT2D eigenvalue weighted by Gasteiger charge is -2.15. The smallest absolute Gasteiger partial charge is 0.258 e. The Labute approximate surface area is 397 Å². The van der Waals surface area contributed by atoms with Crippen LogP contribution in [0, 0.1) is 0 Å². The number of nitrogens with zero attached hydrogens (tertiary/aromatic N) is 4. The van der Waals surface area contributed by atoms with Gasteiger partial charge in [0, 0.05) is 32.5 Å². The van der Waals surface area contributed by atoms with Crippen LogP contribution in [0.15, 0.2) is 118 Å². The molecule has 0 aliphatic heterocycles. The van der Waals surface area contributed by atoms with Gasteiger partial charge >= 0.3 is 0 Å². The van der Waals surface area contributed by atoms with E-state index in [-0.39, 0.29) is 64.7 Å². The summed E-state index contributed by atoms with van der Waals surface area (Å²) in [7, 11) is 0. The first-order valence-electron chi connectivity index (χ1n) is 18.9. The zero-order chi connectivity index (χ0) is 46.8. The molecule has 0 aromatic heterocycles. The molecule has 0 heterocycles. The minimum absolute atomic E-state index is 0.0585. The fraction of sp³-hybridized carbons (Fsp3) is 0.182. The number of carbonyl (C=O) groups is 6. The lowest BCUT2D eigenvalue weighted by Crippen LogP contribution is -2.32. The van der Waals surface area contributed by atoms with Crippen LogP contribution in [0.25, 0.3) is 0 Å². The lowest BCUT2D eigenvalue weighted by molar-refractivity contribution is -0.127. The van der Waals surface area contributed by atoms with Gasteiger partial charge in [0.1, 0.15) is 0 Å². The molecule has 4 N–H and O–H groups in total. The van der Waals surface area contributed by atoms with E-state index in [0.29, 0.717) is 11.4 Å². The van der Waals surface area contributed by atoms with E-state index in [1.54, 1.807) is 48.5 Å². The lowest BCUT2D eigenvalue weighted by atomic mass is 10.1. The predicted octanol–water partition coefficient (Wildman–Crippen LogP) is 12.8. The average molecular weight is 986 g/mol. The minimum Gasteiger partial charge on any atom is -0.322 e. The molecule has 14 nitrogen and oxygen atoms in total. The number of alkyl halides is 2. The first kappa shape index (κ1) is 49.3. The third-order valence-corrected chi connectivity index (χ3v) is 10.8. The number of Topliss-reactive ketones (excluding diaryl/α,β-unsaturated/α-hetero) is 2. The Balaban J connectivity index is 1.24. The van der Waals surface area contributed by atoms with E-state index in [2.05, 4.69) is 41.7 Å². The molecule has 0 spiro atoms. The number of anilines is 4. The van der Waals surface area contributed by atoms with Gasteiger partial charge in [-0.25, -0.2) is 0 Å². The van der Waals surface area contributed by atoms with E-state index in [9.17, 15) is 28.8 Å². The summed E-state index contributed by atoms with van der Waals surface area (Å²) in [5.74, 6) is -4.26. The molecule has 0 fully saturated rings. The van der Waals surface area contributed by atoms with E-state index >= 15 is 0 Å². The number of nitrogens with one attached hydrogen (secondary N) is 4. The van der Waals surface area contributed by atoms with E-state index < -0.39 is 47.3 Å². The molecule has 4 amide bonds. The van der Waals surface area contributed by atoms with E-state index in [4.69, 9.17) is 69.6 Å². The highest BCUT2D eigenvalue weighted by atomic mass is 35.5. The summed E-state index contributed by atoms with van der Waals surface area (Å²) in [6.45, 7) is 5.90. The molecular weight excluding hydrogens is 949 g/mol. The molecule has 330 valence electrons. The van der Waals surface area contributed by atoms with Gasteiger partial charge in [0.2, 0.25) is 12.1 Å². The Bertz CT molecular complexity index is 2490. The standard InChI is InChI=1S/C44H36Cl6N8O6/c1-21(45)25-5-9-31(10-6-25)51-41(61)27-15-29(47)19-33(17-27)55-57-39(23(3)59)43(63)53-35-13-14-36(38(50)37(35)49)54-44(64)40(24(4)60)58-56-34-18-28(16-30(48)20-34)42(62)52-32-11-7-26(8-12-32)22(2)46/h5-22,39-40H,1-4H3,(H,51,61)(H,52,62)(H,53,63)(H,54,64). The van der Waals surface area contributed by atoms with Gasteiger partial charge in [-0.05, 0) is 112 Å². The molecule has 0 aliphatic carbocycles. The van der Waals surface area contributed by atoms with Crippen molar-refractivity contribution in [1.82, 2.24) is 0 Å². The van der Waals surface area contributed by atoms with Crippen LogP contribution in [0.5, 0.6) is 0 Å². The molecule has 64 heavy (non-hydrogen) atoms. The normalized spacial score (nSPS) is 13.2. The number of rotatable bonds is 16. The molecule has 5 aromatic rings. The maximum absolute atomic E-state index is 13.3. The number of hydrogen-bond acceptors (Lipinski definition) is 10. The van der Waals surface area contributed by atoms with Crippen molar-refractivity contribution in [3.8, 4) is 0 Å². The zero-order valence-electron chi connectivity index (χ0n) is 34.1. The van der Waals surface area contributed by atoms with Crippen molar-refractivity contribution in [1.29, 1.82) is 0 Å². The molecule has 4 atom stereocenters. The Hall–Kier alpha value is -5.74. The average Bonchev–Trinajstić information content (AvgIpc) is 3.23. The van der Waals surface area contributed by atoms with Gasteiger partial charge in [0.05, 0.1) is 43.5 Å². The SMILES string of the molecule is CC(=O)C(N=Nc1cc(Cl)cc(C(=O)Nc2ccc(C(C)Cl)cc2)c1)C(=O)Nc1ccc(NC(=O)C(N=Nc2cc(Cl)cc(C(=O)Nc3ccc(C(C)Cl)cc3)c2)C(C)=O)c(Cl)c1Cl. The summed E-state index contributed by atoms with van der Waals surface area (Å²) in [6.07, 6.45) is 0. The van der Waals surface area contributed by atoms with Crippen molar-refractivity contribution in [3.63, 3.8) is 0 Å². The molecule has 0 aliphatic rings. The van der Waals surface area contributed by atoms with Crippen molar-refractivity contribution in [3.05, 3.63) is 139 Å². The minimum atomic E-state index is -1.67. The molecule has 5 rings (SSSR count). The highest BCUT2D eigenvalue weighted by Gasteiger charge is 2.27. The molecular formula is C44H36Cl6N8O6. The largest absolute Gasteiger partial charge is 0.322 e. The maximum atomic E-state index is 13.3. The highest BCUT2D eigenvalue weighted by Crippen LogP contribution is 2.37. The highest BCUT2D eigenvalue weighted by molar-refractivity contribution is 6.46. The molecule has 5 aromatic carbocycles. The predicted molar refractivity (Wildman–Crippen MR) is 252 cm³/mol. The van der Waals surface area contributed by atoms with Gasteiger partial charge in [-0.15, -0.1) is 23.2 Å². The van der Waals surface area contributed by atoms with Crippen molar-refractivity contribution >= 4 is 139 Å². The summed E-state index contributed by atoms with van der Waals surface area (Å²) >= 11 is 37.7. The number of ketones is 2. The fourth-order valence-corrected chi connectivity index (χ4v) is 6.80. The molecule has 4 unspecified atom stereocenters. The number of hydrogen-bond donors (Lipinski definition) is 4. The van der Waals surface area contributed by atoms with Crippen LogP contribution in [-0.4, -0.2) is 47.3 Å². The van der Waals surface area contributed by atoms with Gasteiger partial charge in [-0.1, -0.05) is 70.7 Å². The second-order valence-electron chi connectivity index (χ2n) is 14.0. The summed E-state index contributed by atoms with van der Waals surface area (Å²) in [6, 6.07) is 21.5. The van der Waals surface area contributed by atoms with Crippen LogP contribution in [-0.2, 0) is 19.2 Å². The van der Waals surface area contributed by atoms with Gasteiger partial charge in [0.25, 0.3) is 23.6 Å². The summed E-state index contributed by atoms with van der Waals surface area (Å²) in [5.41, 5.74) is 3.06. The Morgan fingerprint density at radius 3 is 1.14 bits per heavy atom. The van der Waals surface area contributed by atoms with E-state index in [1.165, 1.54) is 48.5 Å².